The van der Waals surface area contributed by atoms with E-state index in [0.717, 1.165) is 35.7 Å². The lowest BCUT2D eigenvalue weighted by molar-refractivity contribution is -0.129. The smallest absolute Gasteiger partial charge is 0.228 e. The van der Waals surface area contributed by atoms with Gasteiger partial charge in [0.15, 0.2) is 0 Å². The zero-order valence-corrected chi connectivity index (χ0v) is 15.1. The third-order valence-corrected chi connectivity index (χ3v) is 5.69. The van der Waals surface area contributed by atoms with Crippen LogP contribution >= 0.6 is 11.3 Å². The Morgan fingerprint density at radius 3 is 2.79 bits per heavy atom. The van der Waals surface area contributed by atoms with Crippen molar-refractivity contribution in [2.45, 2.75) is 39.2 Å². The Hall–Kier alpha value is -1.72. The van der Waals surface area contributed by atoms with Crippen molar-refractivity contribution >= 4 is 17.2 Å². The van der Waals surface area contributed by atoms with Gasteiger partial charge in [0.1, 0.15) is 5.01 Å². The maximum Gasteiger partial charge on any atom is 0.228 e. The van der Waals surface area contributed by atoms with Crippen LogP contribution in [-0.2, 0) is 17.6 Å². The number of thiazole rings is 1. The largest absolute Gasteiger partial charge is 0.393 e. The molecule has 5 heteroatoms. The molecule has 1 saturated heterocycles. The standard InChI is InChI=1S/C19H24N2O2S/c1-3-14-4-6-15(7-5-14)19-20-17(12-24-19)10-18(23)21-9-8-16(11-21)13(2)22/h4-7,12-13,16,22H,3,8-11H2,1-2H3. The highest BCUT2D eigenvalue weighted by atomic mass is 32.1. The number of carbonyl (C=O) groups is 1. The molecule has 0 saturated carbocycles. The van der Waals surface area contributed by atoms with E-state index in [1.807, 2.05) is 10.3 Å². The molecular formula is C19H24N2O2S. The van der Waals surface area contributed by atoms with E-state index in [9.17, 15) is 9.90 Å². The van der Waals surface area contributed by atoms with Crippen molar-refractivity contribution in [1.82, 2.24) is 9.88 Å². The van der Waals surface area contributed by atoms with Crippen molar-refractivity contribution in [3.05, 3.63) is 40.9 Å². The minimum Gasteiger partial charge on any atom is -0.393 e. The van der Waals surface area contributed by atoms with Crippen LogP contribution < -0.4 is 0 Å². The molecule has 2 atom stereocenters. The number of aryl methyl sites for hydroxylation is 1. The second kappa shape index (κ2) is 7.45. The van der Waals surface area contributed by atoms with Crippen LogP contribution in [0, 0.1) is 5.92 Å². The number of hydrogen-bond donors (Lipinski definition) is 1. The monoisotopic (exact) mass is 344 g/mol. The minimum atomic E-state index is -0.347. The number of nitrogens with zero attached hydrogens (tertiary/aromatic N) is 2. The lowest BCUT2D eigenvalue weighted by Crippen LogP contribution is -2.31. The number of aliphatic hydroxyl groups is 1. The van der Waals surface area contributed by atoms with Crippen molar-refractivity contribution in [3.8, 4) is 10.6 Å². The van der Waals surface area contributed by atoms with Crippen molar-refractivity contribution < 1.29 is 9.90 Å². The molecule has 0 aliphatic carbocycles. The third-order valence-electron chi connectivity index (χ3n) is 4.75. The molecule has 24 heavy (non-hydrogen) atoms. The summed E-state index contributed by atoms with van der Waals surface area (Å²) in [5.41, 5.74) is 3.25. The molecule has 4 nitrogen and oxygen atoms in total. The molecule has 1 N–H and O–H groups in total. The van der Waals surface area contributed by atoms with Crippen molar-refractivity contribution in [3.63, 3.8) is 0 Å². The summed E-state index contributed by atoms with van der Waals surface area (Å²) in [6, 6.07) is 8.44. The van der Waals surface area contributed by atoms with Crippen LogP contribution in [0.25, 0.3) is 10.6 Å². The number of rotatable bonds is 5. The Balaban J connectivity index is 1.62. The number of amides is 1. The fourth-order valence-electron chi connectivity index (χ4n) is 3.08. The lowest BCUT2D eigenvalue weighted by Gasteiger charge is -2.17. The highest BCUT2D eigenvalue weighted by Gasteiger charge is 2.29. The summed E-state index contributed by atoms with van der Waals surface area (Å²) in [5, 5.41) is 12.6. The van der Waals surface area contributed by atoms with Gasteiger partial charge in [0.2, 0.25) is 5.91 Å². The number of aliphatic hydroxyl groups excluding tert-OH is 1. The Morgan fingerprint density at radius 2 is 2.17 bits per heavy atom. The molecule has 3 rings (SSSR count). The average Bonchev–Trinajstić information content (AvgIpc) is 3.24. The summed E-state index contributed by atoms with van der Waals surface area (Å²) in [6.45, 7) is 5.34. The first-order valence-electron chi connectivity index (χ1n) is 8.56. The fraction of sp³-hybridized carbons (Fsp3) is 0.474. The zero-order chi connectivity index (χ0) is 17.1. The summed E-state index contributed by atoms with van der Waals surface area (Å²) in [6.07, 6.45) is 1.91. The van der Waals surface area contributed by atoms with Crippen LogP contribution in [0.4, 0.5) is 0 Å². The normalized spacial score (nSPS) is 18.8. The Labute approximate surface area is 147 Å². The van der Waals surface area contributed by atoms with Gasteiger partial charge >= 0.3 is 0 Å². The summed E-state index contributed by atoms with van der Waals surface area (Å²) >= 11 is 1.58. The molecule has 1 aromatic carbocycles. The second-order valence-corrected chi connectivity index (χ2v) is 7.36. The van der Waals surface area contributed by atoms with Gasteiger partial charge in [0, 0.05) is 30.0 Å². The van der Waals surface area contributed by atoms with Crippen LogP contribution in [0.3, 0.4) is 0 Å². The van der Waals surface area contributed by atoms with E-state index in [0.29, 0.717) is 13.0 Å². The van der Waals surface area contributed by atoms with E-state index >= 15 is 0 Å². The predicted molar refractivity (Wildman–Crippen MR) is 97.0 cm³/mol. The zero-order valence-electron chi connectivity index (χ0n) is 14.2. The van der Waals surface area contributed by atoms with Crippen LogP contribution in [0.5, 0.6) is 0 Å². The highest BCUT2D eigenvalue weighted by Crippen LogP contribution is 2.25. The lowest BCUT2D eigenvalue weighted by atomic mass is 10.0. The van der Waals surface area contributed by atoms with Gasteiger partial charge in [0.05, 0.1) is 18.2 Å². The van der Waals surface area contributed by atoms with E-state index < -0.39 is 0 Å². The molecule has 2 aromatic rings. The molecule has 0 spiro atoms. The third kappa shape index (κ3) is 3.84. The van der Waals surface area contributed by atoms with E-state index in [2.05, 4.69) is 36.2 Å². The molecule has 128 valence electrons. The number of aromatic nitrogens is 1. The Morgan fingerprint density at radius 1 is 1.42 bits per heavy atom. The molecule has 1 aliphatic heterocycles. The first kappa shape index (κ1) is 17.1. The maximum atomic E-state index is 12.4. The Kier molecular flexibility index (Phi) is 5.31. The van der Waals surface area contributed by atoms with Gasteiger partial charge in [-0.15, -0.1) is 11.3 Å². The van der Waals surface area contributed by atoms with E-state index in [1.165, 1.54) is 5.56 Å². The molecule has 2 unspecified atom stereocenters. The number of hydrogen-bond acceptors (Lipinski definition) is 4. The molecular weight excluding hydrogens is 320 g/mol. The molecule has 2 heterocycles. The first-order valence-corrected chi connectivity index (χ1v) is 9.44. The summed E-state index contributed by atoms with van der Waals surface area (Å²) in [5.74, 6) is 0.313. The van der Waals surface area contributed by atoms with E-state index in [1.54, 1.807) is 18.3 Å². The van der Waals surface area contributed by atoms with Gasteiger partial charge in [0.25, 0.3) is 0 Å². The highest BCUT2D eigenvalue weighted by molar-refractivity contribution is 7.13. The summed E-state index contributed by atoms with van der Waals surface area (Å²) in [7, 11) is 0. The van der Waals surface area contributed by atoms with Gasteiger partial charge in [-0.05, 0) is 25.3 Å². The molecule has 1 amide bonds. The van der Waals surface area contributed by atoms with Gasteiger partial charge in [-0.2, -0.15) is 0 Å². The minimum absolute atomic E-state index is 0.108. The molecule has 0 bridgehead atoms. The van der Waals surface area contributed by atoms with Crippen LogP contribution in [0.2, 0.25) is 0 Å². The van der Waals surface area contributed by atoms with Crippen molar-refractivity contribution in [2.75, 3.05) is 13.1 Å². The number of likely N-dealkylation sites (tertiary alicyclic amines) is 1. The Bertz CT molecular complexity index is 694. The molecule has 1 aromatic heterocycles. The van der Waals surface area contributed by atoms with Crippen LogP contribution in [0.1, 0.15) is 31.5 Å². The first-order chi connectivity index (χ1) is 11.6. The predicted octanol–water partition coefficient (Wildman–Crippen LogP) is 3.14. The van der Waals surface area contributed by atoms with Gasteiger partial charge < -0.3 is 10.0 Å². The molecule has 0 radical (unpaired) electrons. The fourth-order valence-corrected chi connectivity index (χ4v) is 3.90. The van der Waals surface area contributed by atoms with Gasteiger partial charge in [-0.1, -0.05) is 31.2 Å². The SMILES string of the molecule is CCc1ccc(-c2nc(CC(=O)N3CCC(C(C)O)C3)cs2)cc1. The molecule has 1 aliphatic rings. The maximum absolute atomic E-state index is 12.4. The number of benzene rings is 1. The summed E-state index contributed by atoms with van der Waals surface area (Å²) in [4.78, 5) is 18.9. The second-order valence-electron chi connectivity index (χ2n) is 6.50. The van der Waals surface area contributed by atoms with Gasteiger partial charge in [-0.3, -0.25) is 4.79 Å². The van der Waals surface area contributed by atoms with Gasteiger partial charge in [-0.25, -0.2) is 4.98 Å². The van der Waals surface area contributed by atoms with E-state index in [4.69, 9.17) is 0 Å². The topological polar surface area (TPSA) is 53.4 Å². The average molecular weight is 344 g/mol. The van der Waals surface area contributed by atoms with E-state index in [-0.39, 0.29) is 17.9 Å². The van der Waals surface area contributed by atoms with Crippen LogP contribution in [0.15, 0.2) is 29.6 Å². The summed E-state index contributed by atoms with van der Waals surface area (Å²) < 4.78 is 0. The van der Waals surface area contributed by atoms with Crippen molar-refractivity contribution in [2.24, 2.45) is 5.92 Å². The molecule has 1 fully saturated rings. The number of carbonyl (C=O) groups excluding carboxylic acids is 1. The quantitative estimate of drug-likeness (QED) is 0.906. The van der Waals surface area contributed by atoms with Crippen molar-refractivity contribution in [1.29, 1.82) is 0 Å². The van der Waals surface area contributed by atoms with Crippen LogP contribution in [-0.4, -0.2) is 40.1 Å².